The summed E-state index contributed by atoms with van der Waals surface area (Å²) >= 11 is 0. The number of anilines is 1. The lowest BCUT2D eigenvalue weighted by molar-refractivity contribution is 0.102. The standard InChI is InChI=1S/C14H16N2O4/c1-3-18-12-6-5-10(7-13(12)19-4-2)14(17)16-11-8-15-20-9-11/h5-9H,3-4H2,1-2H3,(H,16,17). The lowest BCUT2D eigenvalue weighted by Crippen LogP contribution is -2.11. The largest absolute Gasteiger partial charge is 0.490 e. The van der Waals surface area contributed by atoms with Gasteiger partial charge < -0.3 is 19.3 Å². The van der Waals surface area contributed by atoms with Gasteiger partial charge in [-0.25, -0.2) is 0 Å². The first-order valence-corrected chi connectivity index (χ1v) is 6.35. The van der Waals surface area contributed by atoms with Crippen LogP contribution in [-0.2, 0) is 0 Å². The summed E-state index contributed by atoms with van der Waals surface area (Å²) in [4.78, 5) is 12.1. The fourth-order valence-corrected chi connectivity index (χ4v) is 1.66. The van der Waals surface area contributed by atoms with E-state index in [0.29, 0.717) is 36.0 Å². The smallest absolute Gasteiger partial charge is 0.255 e. The highest BCUT2D eigenvalue weighted by Gasteiger charge is 2.12. The molecule has 6 nitrogen and oxygen atoms in total. The van der Waals surface area contributed by atoms with Crippen molar-refractivity contribution in [2.45, 2.75) is 13.8 Å². The topological polar surface area (TPSA) is 73.6 Å². The second-order valence-corrected chi connectivity index (χ2v) is 3.89. The minimum absolute atomic E-state index is 0.266. The van der Waals surface area contributed by atoms with Crippen LogP contribution in [0.5, 0.6) is 11.5 Å². The van der Waals surface area contributed by atoms with E-state index in [-0.39, 0.29) is 5.91 Å². The number of carbonyl (C=O) groups is 1. The van der Waals surface area contributed by atoms with Gasteiger partial charge in [0.25, 0.3) is 5.91 Å². The van der Waals surface area contributed by atoms with Gasteiger partial charge in [0.1, 0.15) is 12.0 Å². The molecule has 0 atom stereocenters. The Labute approximate surface area is 116 Å². The molecule has 0 bridgehead atoms. The van der Waals surface area contributed by atoms with Gasteiger partial charge in [-0.1, -0.05) is 5.16 Å². The van der Waals surface area contributed by atoms with Crippen LogP contribution >= 0.6 is 0 Å². The number of benzene rings is 1. The number of carbonyl (C=O) groups excluding carboxylic acids is 1. The summed E-state index contributed by atoms with van der Waals surface area (Å²) in [5, 5.41) is 6.19. The maximum Gasteiger partial charge on any atom is 0.255 e. The van der Waals surface area contributed by atoms with Gasteiger partial charge in [0, 0.05) is 5.56 Å². The van der Waals surface area contributed by atoms with Crippen LogP contribution in [0.3, 0.4) is 0 Å². The minimum atomic E-state index is -0.266. The van der Waals surface area contributed by atoms with E-state index in [9.17, 15) is 4.79 Å². The lowest BCUT2D eigenvalue weighted by Gasteiger charge is -2.12. The molecule has 0 radical (unpaired) electrons. The van der Waals surface area contributed by atoms with Crippen molar-refractivity contribution in [3.05, 3.63) is 36.2 Å². The summed E-state index contributed by atoms with van der Waals surface area (Å²) in [7, 11) is 0. The number of ether oxygens (including phenoxy) is 2. The van der Waals surface area contributed by atoms with E-state index in [2.05, 4.69) is 15.0 Å². The lowest BCUT2D eigenvalue weighted by atomic mass is 10.2. The zero-order valence-electron chi connectivity index (χ0n) is 11.4. The molecule has 6 heteroatoms. The van der Waals surface area contributed by atoms with Gasteiger partial charge in [0.05, 0.1) is 19.4 Å². The highest BCUT2D eigenvalue weighted by atomic mass is 16.5. The molecule has 1 amide bonds. The summed E-state index contributed by atoms with van der Waals surface area (Å²) in [6.45, 7) is 4.80. The van der Waals surface area contributed by atoms with Crippen LogP contribution < -0.4 is 14.8 Å². The second-order valence-electron chi connectivity index (χ2n) is 3.89. The number of aromatic nitrogens is 1. The van der Waals surface area contributed by atoms with Crippen molar-refractivity contribution < 1.29 is 18.8 Å². The predicted octanol–water partition coefficient (Wildman–Crippen LogP) is 2.72. The number of amides is 1. The van der Waals surface area contributed by atoms with Crippen LogP contribution in [0.1, 0.15) is 24.2 Å². The Morgan fingerprint density at radius 2 is 2.00 bits per heavy atom. The molecule has 1 aromatic carbocycles. The molecule has 106 valence electrons. The van der Waals surface area contributed by atoms with Gasteiger partial charge >= 0.3 is 0 Å². The van der Waals surface area contributed by atoms with Crippen LogP contribution in [0.4, 0.5) is 5.69 Å². The van der Waals surface area contributed by atoms with Gasteiger partial charge in [-0.2, -0.15) is 0 Å². The third-order valence-corrected chi connectivity index (χ3v) is 2.50. The molecule has 0 aliphatic heterocycles. The number of hydrogen-bond acceptors (Lipinski definition) is 5. The molecule has 1 aromatic heterocycles. The molecular weight excluding hydrogens is 260 g/mol. The normalized spacial score (nSPS) is 10.1. The third-order valence-electron chi connectivity index (χ3n) is 2.50. The number of nitrogens with one attached hydrogen (secondary N) is 1. The molecule has 1 N–H and O–H groups in total. The first-order valence-electron chi connectivity index (χ1n) is 6.35. The van der Waals surface area contributed by atoms with Crippen LogP contribution in [-0.4, -0.2) is 24.3 Å². The van der Waals surface area contributed by atoms with Crippen LogP contribution in [0.25, 0.3) is 0 Å². The van der Waals surface area contributed by atoms with Crippen molar-refractivity contribution in [3.8, 4) is 11.5 Å². The average molecular weight is 276 g/mol. The molecule has 1 heterocycles. The Bertz CT molecular complexity index is 567. The number of nitrogens with zero attached hydrogens (tertiary/aromatic N) is 1. The summed E-state index contributed by atoms with van der Waals surface area (Å²) < 4.78 is 15.6. The molecule has 0 unspecified atom stereocenters. The molecule has 0 aliphatic carbocycles. The average Bonchev–Trinajstić information content (AvgIpc) is 2.94. The first kappa shape index (κ1) is 13.9. The van der Waals surface area contributed by atoms with Crippen LogP contribution in [0.15, 0.2) is 35.2 Å². The highest BCUT2D eigenvalue weighted by molar-refractivity contribution is 6.04. The van der Waals surface area contributed by atoms with Crippen molar-refractivity contribution in [3.63, 3.8) is 0 Å². The summed E-state index contributed by atoms with van der Waals surface area (Å²) in [5.74, 6) is 0.903. The van der Waals surface area contributed by atoms with E-state index in [1.165, 1.54) is 12.5 Å². The maximum atomic E-state index is 12.1. The van der Waals surface area contributed by atoms with Crippen molar-refractivity contribution in [1.29, 1.82) is 0 Å². The van der Waals surface area contributed by atoms with Crippen molar-refractivity contribution in [2.24, 2.45) is 0 Å². The quantitative estimate of drug-likeness (QED) is 0.878. The predicted molar refractivity (Wildman–Crippen MR) is 73.2 cm³/mol. The molecule has 2 rings (SSSR count). The number of hydrogen-bond donors (Lipinski definition) is 1. The second kappa shape index (κ2) is 6.60. The molecule has 0 saturated carbocycles. The molecule has 2 aromatic rings. The monoisotopic (exact) mass is 276 g/mol. The Kier molecular flexibility index (Phi) is 4.60. The Morgan fingerprint density at radius 3 is 2.65 bits per heavy atom. The van der Waals surface area contributed by atoms with E-state index in [1.807, 2.05) is 13.8 Å². The van der Waals surface area contributed by atoms with Crippen molar-refractivity contribution in [2.75, 3.05) is 18.5 Å². The Morgan fingerprint density at radius 1 is 1.25 bits per heavy atom. The fourth-order valence-electron chi connectivity index (χ4n) is 1.66. The molecule has 0 fully saturated rings. The summed E-state index contributed by atoms with van der Waals surface area (Å²) in [5.41, 5.74) is 0.972. The fraction of sp³-hybridized carbons (Fsp3) is 0.286. The number of rotatable bonds is 6. The molecule has 0 saturated heterocycles. The minimum Gasteiger partial charge on any atom is -0.490 e. The Balaban J connectivity index is 2.19. The van der Waals surface area contributed by atoms with Gasteiger partial charge in [-0.3, -0.25) is 4.79 Å². The Hall–Kier alpha value is -2.50. The zero-order chi connectivity index (χ0) is 14.4. The van der Waals surface area contributed by atoms with Gasteiger partial charge in [-0.15, -0.1) is 0 Å². The third kappa shape index (κ3) is 3.28. The van der Waals surface area contributed by atoms with Gasteiger partial charge in [0.2, 0.25) is 0 Å². The summed E-state index contributed by atoms with van der Waals surface area (Å²) in [6, 6.07) is 5.05. The molecule has 0 spiro atoms. The molecular formula is C14H16N2O4. The highest BCUT2D eigenvalue weighted by Crippen LogP contribution is 2.28. The van der Waals surface area contributed by atoms with E-state index < -0.39 is 0 Å². The van der Waals surface area contributed by atoms with Crippen molar-refractivity contribution in [1.82, 2.24) is 5.16 Å². The van der Waals surface area contributed by atoms with Gasteiger partial charge in [0.15, 0.2) is 11.5 Å². The van der Waals surface area contributed by atoms with Crippen molar-refractivity contribution >= 4 is 11.6 Å². The summed E-state index contributed by atoms with van der Waals surface area (Å²) in [6.07, 6.45) is 2.78. The van der Waals surface area contributed by atoms with E-state index >= 15 is 0 Å². The van der Waals surface area contributed by atoms with E-state index in [1.54, 1.807) is 18.2 Å². The van der Waals surface area contributed by atoms with E-state index in [4.69, 9.17) is 9.47 Å². The van der Waals surface area contributed by atoms with Crippen LogP contribution in [0, 0.1) is 0 Å². The zero-order valence-corrected chi connectivity index (χ0v) is 11.4. The SMILES string of the molecule is CCOc1ccc(C(=O)Nc2cnoc2)cc1OCC. The maximum absolute atomic E-state index is 12.1. The van der Waals surface area contributed by atoms with E-state index in [0.717, 1.165) is 0 Å². The first-order chi connectivity index (χ1) is 9.74. The van der Waals surface area contributed by atoms with Gasteiger partial charge in [-0.05, 0) is 32.0 Å². The van der Waals surface area contributed by atoms with Crippen LogP contribution in [0.2, 0.25) is 0 Å². The molecule has 20 heavy (non-hydrogen) atoms. The molecule has 0 aliphatic rings.